The van der Waals surface area contributed by atoms with Gasteiger partial charge in [-0.25, -0.2) is 9.79 Å². The van der Waals surface area contributed by atoms with Gasteiger partial charge in [0.1, 0.15) is 0 Å². The van der Waals surface area contributed by atoms with Crippen molar-refractivity contribution in [1.29, 1.82) is 0 Å². The highest BCUT2D eigenvalue weighted by atomic mass is 16.5. The normalized spacial score (nSPS) is 22.4. The molecule has 2 saturated heterocycles. The summed E-state index contributed by atoms with van der Waals surface area (Å²) < 4.78 is 5.75. The van der Waals surface area contributed by atoms with Gasteiger partial charge in [-0.2, -0.15) is 0 Å². The minimum atomic E-state index is -0.188. The second kappa shape index (κ2) is 15.9. The van der Waals surface area contributed by atoms with Crippen LogP contribution in [-0.2, 0) is 9.53 Å². The molecule has 3 unspecified atom stereocenters. The van der Waals surface area contributed by atoms with E-state index in [1.54, 1.807) is 0 Å². The summed E-state index contributed by atoms with van der Waals surface area (Å²) in [5, 5.41) is 3.78. The Bertz CT molecular complexity index is 804. The highest BCUT2D eigenvalue weighted by Gasteiger charge is 2.44. The number of hydrogen-bond donors (Lipinski definition) is 3. The molecule has 37 heavy (non-hydrogen) atoms. The summed E-state index contributed by atoms with van der Waals surface area (Å²) in [6.07, 6.45) is 19.6. The Labute approximate surface area is 224 Å². The second-order valence-corrected chi connectivity index (χ2v) is 11.0. The van der Waals surface area contributed by atoms with Crippen LogP contribution in [0.15, 0.2) is 21.3 Å². The fourth-order valence-corrected chi connectivity index (χ4v) is 5.96. The van der Waals surface area contributed by atoms with Gasteiger partial charge < -0.3 is 26.4 Å². The van der Waals surface area contributed by atoms with Gasteiger partial charge in [0.15, 0.2) is 11.9 Å². The smallest absolute Gasteiger partial charge is 0.337 e. The summed E-state index contributed by atoms with van der Waals surface area (Å²) in [5.74, 6) is 0.921. The van der Waals surface area contributed by atoms with E-state index in [0.717, 1.165) is 75.0 Å². The van der Waals surface area contributed by atoms with E-state index in [1.807, 2.05) is 0 Å². The molecule has 0 bridgehead atoms. The summed E-state index contributed by atoms with van der Waals surface area (Å²) in [6, 6.07) is 0.832. The Morgan fingerprint density at radius 3 is 2.46 bits per heavy atom. The zero-order chi connectivity index (χ0) is 26.5. The number of guanidine groups is 2. The van der Waals surface area contributed by atoms with Gasteiger partial charge in [-0.15, -0.1) is 0 Å². The molecule has 5 N–H and O–H groups in total. The summed E-state index contributed by atoms with van der Waals surface area (Å²) in [7, 11) is 0. The Hall–Kier alpha value is -2.25. The van der Waals surface area contributed by atoms with Gasteiger partial charge in [-0.3, -0.25) is 4.99 Å². The first-order valence-electron chi connectivity index (χ1n) is 15.1. The molecule has 3 heterocycles. The largest absolute Gasteiger partial charge is 0.462 e. The Balaban J connectivity index is 1.58. The maximum Gasteiger partial charge on any atom is 0.337 e. The number of rotatable bonds is 18. The van der Waals surface area contributed by atoms with E-state index in [0.29, 0.717) is 25.2 Å². The van der Waals surface area contributed by atoms with Crippen LogP contribution >= 0.6 is 0 Å². The number of allylic oxidation sites excluding steroid dienone is 1. The standard InChI is InChI=1S/C29H52N6O2/c1-3-5-7-8-9-10-12-15-22-21-23-17-18-25-26(27(36)37-20-14-13-19-32-28(30)31)24(16-11-6-4-2)34-29(33-22)35(23)25/h22-24H,3-21H2,1-2H3,(H,33,34)(H4,30,31,32). The van der Waals surface area contributed by atoms with E-state index in [2.05, 4.69) is 29.1 Å². The molecule has 3 atom stereocenters. The molecule has 3 aliphatic heterocycles. The molecule has 0 amide bonds. The number of carbonyl (C=O) groups excluding carboxylic acids is 1. The van der Waals surface area contributed by atoms with Crippen molar-refractivity contribution in [3.63, 3.8) is 0 Å². The van der Waals surface area contributed by atoms with Crippen molar-refractivity contribution in [1.82, 2.24) is 10.2 Å². The first-order valence-corrected chi connectivity index (χ1v) is 15.1. The molecule has 8 heteroatoms. The third kappa shape index (κ3) is 8.92. The van der Waals surface area contributed by atoms with E-state index >= 15 is 0 Å². The highest BCUT2D eigenvalue weighted by Crippen LogP contribution is 2.40. The SMILES string of the molecule is CCCCCCCCCC1CC2CCC3=C(C(=O)OCCCCN=C(N)N)C(CCCCC)N=C(N1)N32. The van der Waals surface area contributed by atoms with E-state index in [1.165, 1.54) is 51.4 Å². The molecular weight excluding hydrogens is 464 g/mol. The van der Waals surface area contributed by atoms with Gasteiger partial charge in [-0.1, -0.05) is 78.1 Å². The maximum atomic E-state index is 13.3. The molecule has 0 saturated carbocycles. The number of aliphatic imine (C=N–C) groups is 2. The van der Waals surface area contributed by atoms with E-state index < -0.39 is 0 Å². The topological polar surface area (TPSA) is 118 Å². The van der Waals surface area contributed by atoms with E-state index in [-0.39, 0.29) is 18.0 Å². The highest BCUT2D eigenvalue weighted by molar-refractivity contribution is 5.96. The molecule has 0 aromatic rings. The zero-order valence-electron chi connectivity index (χ0n) is 23.5. The van der Waals surface area contributed by atoms with Crippen molar-refractivity contribution in [2.75, 3.05) is 13.2 Å². The molecule has 0 spiro atoms. The van der Waals surface area contributed by atoms with Crippen LogP contribution in [0.2, 0.25) is 0 Å². The monoisotopic (exact) mass is 516 g/mol. The van der Waals surface area contributed by atoms with Crippen molar-refractivity contribution >= 4 is 17.9 Å². The molecular formula is C29H52N6O2. The fraction of sp³-hybridized carbons (Fsp3) is 0.828. The van der Waals surface area contributed by atoms with E-state index in [9.17, 15) is 4.79 Å². The fourth-order valence-electron chi connectivity index (χ4n) is 5.96. The summed E-state index contributed by atoms with van der Waals surface area (Å²) >= 11 is 0. The number of carbonyl (C=O) groups is 1. The van der Waals surface area contributed by atoms with Gasteiger partial charge in [-0.05, 0) is 44.9 Å². The first kappa shape index (κ1) is 29.3. The van der Waals surface area contributed by atoms with Crippen LogP contribution < -0.4 is 16.8 Å². The number of nitrogens with zero attached hydrogens (tertiary/aromatic N) is 3. The van der Waals surface area contributed by atoms with Crippen molar-refractivity contribution in [3.05, 3.63) is 11.3 Å². The van der Waals surface area contributed by atoms with Gasteiger partial charge in [0, 0.05) is 24.3 Å². The van der Waals surface area contributed by atoms with Gasteiger partial charge in [0.05, 0.1) is 18.2 Å². The van der Waals surface area contributed by atoms with Crippen LogP contribution in [0, 0.1) is 0 Å². The van der Waals surface area contributed by atoms with Crippen LogP contribution in [0.3, 0.4) is 0 Å². The van der Waals surface area contributed by atoms with Crippen LogP contribution in [0.25, 0.3) is 0 Å². The Morgan fingerprint density at radius 1 is 1.00 bits per heavy atom. The van der Waals surface area contributed by atoms with Crippen molar-refractivity contribution in [3.8, 4) is 0 Å². The summed E-state index contributed by atoms with van der Waals surface area (Å²) in [6.45, 7) is 5.43. The van der Waals surface area contributed by atoms with Crippen LogP contribution in [0.4, 0.5) is 0 Å². The van der Waals surface area contributed by atoms with Crippen LogP contribution in [-0.4, -0.2) is 54.1 Å². The Morgan fingerprint density at radius 2 is 1.70 bits per heavy atom. The number of nitrogens with two attached hydrogens (primary N) is 2. The average molecular weight is 517 g/mol. The molecule has 3 aliphatic rings. The lowest BCUT2D eigenvalue weighted by Gasteiger charge is -2.42. The molecule has 0 aromatic carbocycles. The van der Waals surface area contributed by atoms with Crippen molar-refractivity contribution in [2.45, 2.75) is 141 Å². The lowest BCUT2D eigenvalue weighted by Crippen LogP contribution is -2.56. The third-order valence-electron chi connectivity index (χ3n) is 7.95. The molecule has 2 fully saturated rings. The van der Waals surface area contributed by atoms with Gasteiger partial charge >= 0.3 is 5.97 Å². The molecule has 0 radical (unpaired) electrons. The quantitative estimate of drug-likeness (QED) is 0.101. The number of unbranched alkanes of at least 4 members (excludes halogenated alkanes) is 9. The van der Waals surface area contributed by atoms with Crippen molar-refractivity contribution in [2.24, 2.45) is 21.5 Å². The van der Waals surface area contributed by atoms with Gasteiger partial charge in [0.25, 0.3) is 0 Å². The van der Waals surface area contributed by atoms with E-state index in [4.69, 9.17) is 21.2 Å². The lowest BCUT2D eigenvalue weighted by molar-refractivity contribution is -0.139. The maximum absolute atomic E-state index is 13.3. The molecule has 0 aliphatic carbocycles. The van der Waals surface area contributed by atoms with Crippen molar-refractivity contribution < 1.29 is 9.53 Å². The molecule has 210 valence electrons. The van der Waals surface area contributed by atoms with Gasteiger partial charge in [0.2, 0.25) is 0 Å². The molecule has 8 nitrogen and oxygen atoms in total. The number of hydrogen-bond acceptors (Lipinski definition) is 6. The molecule has 0 aromatic heterocycles. The first-order chi connectivity index (χ1) is 18.0. The zero-order valence-corrected chi connectivity index (χ0v) is 23.5. The predicted octanol–water partition coefficient (Wildman–Crippen LogP) is 5.12. The van der Waals surface area contributed by atoms with Crippen LogP contribution in [0.5, 0.6) is 0 Å². The summed E-state index contributed by atoms with van der Waals surface area (Å²) in [5.41, 5.74) is 12.7. The predicted molar refractivity (Wildman–Crippen MR) is 152 cm³/mol. The average Bonchev–Trinajstić information content (AvgIpc) is 3.30. The minimum absolute atomic E-state index is 0.102. The third-order valence-corrected chi connectivity index (χ3v) is 7.95. The molecule has 3 rings (SSSR count). The Kier molecular flexibility index (Phi) is 12.6. The number of esters is 1. The lowest BCUT2D eigenvalue weighted by atomic mass is 9.95. The minimum Gasteiger partial charge on any atom is -0.462 e. The second-order valence-electron chi connectivity index (χ2n) is 11.0. The number of ether oxygens (including phenoxy) is 1. The summed E-state index contributed by atoms with van der Waals surface area (Å²) in [4.78, 5) is 24.8. The number of nitrogens with one attached hydrogen (secondary N) is 1. The van der Waals surface area contributed by atoms with Crippen LogP contribution in [0.1, 0.15) is 123 Å².